The SMILES string of the molecule is COc1cc(C)c(S(=O)(=O)N(C)CCOCC(=O)N(C)[C@H]2C[C@H](OCCN3CCCC3)C2)c(C)c1. The zero-order valence-corrected chi connectivity index (χ0v) is 22.6. The van der Waals surface area contributed by atoms with Crippen molar-refractivity contribution in [3.63, 3.8) is 0 Å². The third-order valence-corrected chi connectivity index (χ3v) is 9.25. The predicted molar refractivity (Wildman–Crippen MR) is 134 cm³/mol. The van der Waals surface area contributed by atoms with Crippen LogP contribution in [-0.2, 0) is 24.3 Å². The molecule has 2 fully saturated rings. The fraction of sp³-hybridized carbons (Fsp3) is 0.720. The lowest BCUT2D eigenvalue weighted by Crippen LogP contribution is -2.50. The Labute approximate surface area is 210 Å². The van der Waals surface area contributed by atoms with E-state index in [1.165, 1.54) is 37.3 Å². The molecular formula is C25H41N3O6S. The number of hydrogen-bond donors (Lipinski definition) is 0. The van der Waals surface area contributed by atoms with Crippen LogP contribution in [0.15, 0.2) is 17.0 Å². The third-order valence-electron chi connectivity index (χ3n) is 7.08. The molecule has 9 nitrogen and oxygen atoms in total. The van der Waals surface area contributed by atoms with E-state index in [4.69, 9.17) is 14.2 Å². The molecule has 198 valence electrons. The Morgan fingerprint density at radius 2 is 1.71 bits per heavy atom. The molecule has 0 spiro atoms. The molecule has 35 heavy (non-hydrogen) atoms. The Balaban J connectivity index is 1.35. The van der Waals surface area contributed by atoms with Crippen LogP contribution in [0.25, 0.3) is 0 Å². The van der Waals surface area contributed by atoms with Gasteiger partial charge in [0.05, 0.1) is 31.3 Å². The molecule has 1 amide bonds. The number of rotatable bonds is 13. The van der Waals surface area contributed by atoms with Crippen molar-refractivity contribution in [3.05, 3.63) is 23.3 Å². The molecule has 0 unspecified atom stereocenters. The van der Waals surface area contributed by atoms with Gasteiger partial charge >= 0.3 is 0 Å². The van der Waals surface area contributed by atoms with E-state index in [0.717, 1.165) is 26.0 Å². The number of likely N-dealkylation sites (N-methyl/N-ethyl adjacent to an activating group) is 2. The molecule has 1 aliphatic heterocycles. The number of benzene rings is 1. The summed E-state index contributed by atoms with van der Waals surface area (Å²) in [6.45, 7) is 7.83. The summed E-state index contributed by atoms with van der Waals surface area (Å²) >= 11 is 0. The fourth-order valence-electron chi connectivity index (χ4n) is 4.71. The number of amides is 1. The molecule has 0 aromatic heterocycles. The largest absolute Gasteiger partial charge is 0.497 e. The van der Waals surface area contributed by atoms with Crippen molar-refractivity contribution in [2.75, 3.05) is 67.2 Å². The molecule has 0 atom stereocenters. The zero-order valence-electron chi connectivity index (χ0n) is 21.8. The first-order chi connectivity index (χ1) is 16.6. The van der Waals surface area contributed by atoms with Crippen LogP contribution in [0.3, 0.4) is 0 Å². The molecule has 1 saturated carbocycles. The molecule has 1 aliphatic carbocycles. The van der Waals surface area contributed by atoms with E-state index < -0.39 is 10.0 Å². The molecule has 0 radical (unpaired) electrons. The summed E-state index contributed by atoms with van der Waals surface area (Å²) < 4.78 is 44.1. The molecule has 1 aromatic rings. The summed E-state index contributed by atoms with van der Waals surface area (Å²) in [5, 5.41) is 0. The van der Waals surface area contributed by atoms with Gasteiger partial charge in [0.1, 0.15) is 12.4 Å². The highest BCUT2D eigenvalue weighted by molar-refractivity contribution is 7.89. The van der Waals surface area contributed by atoms with E-state index in [0.29, 0.717) is 16.9 Å². The average Bonchev–Trinajstić information content (AvgIpc) is 3.30. The second kappa shape index (κ2) is 12.5. The third kappa shape index (κ3) is 7.16. The average molecular weight is 512 g/mol. The van der Waals surface area contributed by atoms with Gasteiger partial charge in [-0.25, -0.2) is 8.42 Å². The maximum absolute atomic E-state index is 13.1. The van der Waals surface area contributed by atoms with Gasteiger partial charge in [-0.1, -0.05) is 0 Å². The minimum atomic E-state index is -3.68. The summed E-state index contributed by atoms with van der Waals surface area (Å²) in [4.78, 5) is 16.9. The van der Waals surface area contributed by atoms with Gasteiger partial charge in [0.25, 0.3) is 0 Å². The van der Waals surface area contributed by atoms with Crippen molar-refractivity contribution in [2.24, 2.45) is 0 Å². The topological polar surface area (TPSA) is 88.6 Å². The Morgan fingerprint density at radius 1 is 1.09 bits per heavy atom. The molecule has 1 saturated heterocycles. The van der Waals surface area contributed by atoms with Crippen LogP contribution in [-0.4, -0.2) is 108 Å². The van der Waals surface area contributed by atoms with Crippen LogP contribution in [0.2, 0.25) is 0 Å². The lowest BCUT2D eigenvalue weighted by atomic mass is 9.88. The first-order valence-electron chi connectivity index (χ1n) is 12.4. The second-order valence-corrected chi connectivity index (χ2v) is 11.6. The van der Waals surface area contributed by atoms with Crippen LogP contribution in [0.4, 0.5) is 0 Å². The Hall–Kier alpha value is -1.72. The summed E-state index contributed by atoms with van der Waals surface area (Å²) in [7, 11) is 1.19. The number of sulfonamides is 1. The standard InChI is InChI=1S/C25H41N3O6S/c1-19-14-22(32-5)15-20(2)25(19)35(30,31)26(3)10-12-33-18-24(29)27(4)21-16-23(17-21)34-13-11-28-8-6-7-9-28/h14-15,21,23H,6-13,16-18H2,1-5H3/t21-,23-. The Morgan fingerprint density at radius 3 is 2.31 bits per heavy atom. The molecule has 2 aliphatic rings. The van der Waals surface area contributed by atoms with E-state index in [-0.39, 0.29) is 42.7 Å². The van der Waals surface area contributed by atoms with Crippen LogP contribution in [0, 0.1) is 13.8 Å². The van der Waals surface area contributed by atoms with Gasteiger partial charge in [-0.3, -0.25) is 4.79 Å². The van der Waals surface area contributed by atoms with Crippen molar-refractivity contribution in [1.82, 2.24) is 14.1 Å². The summed E-state index contributed by atoms with van der Waals surface area (Å²) in [5.74, 6) is 0.525. The Bertz CT molecular complexity index is 935. The van der Waals surface area contributed by atoms with E-state index >= 15 is 0 Å². The van der Waals surface area contributed by atoms with Crippen LogP contribution in [0.1, 0.15) is 36.8 Å². The second-order valence-electron chi connectivity index (χ2n) is 9.64. The molecule has 10 heteroatoms. The van der Waals surface area contributed by atoms with E-state index in [1.807, 2.05) is 0 Å². The normalized spacial score (nSPS) is 20.7. The minimum Gasteiger partial charge on any atom is -0.497 e. The number of methoxy groups -OCH3 is 1. The first kappa shape index (κ1) is 27.9. The minimum absolute atomic E-state index is 0.0675. The highest BCUT2D eigenvalue weighted by Crippen LogP contribution is 2.29. The number of likely N-dealkylation sites (tertiary alicyclic amines) is 1. The summed E-state index contributed by atoms with van der Waals surface area (Å²) in [5.41, 5.74) is 1.26. The quantitative estimate of drug-likeness (QED) is 0.375. The van der Waals surface area contributed by atoms with Crippen molar-refractivity contribution in [1.29, 1.82) is 0 Å². The lowest BCUT2D eigenvalue weighted by Gasteiger charge is -2.41. The molecule has 3 rings (SSSR count). The molecule has 0 bridgehead atoms. The zero-order chi connectivity index (χ0) is 25.6. The van der Waals surface area contributed by atoms with Gasteiger partial charge in [0.2, 0.25) is 15.9 Å². The van der Waals surface area contributed by atoms with Crippen LogP contribution < -0.4 is 4.74 Å². The molecular weight excluding hydrogens is 470 g/mol. The van der Waals surface area contributed by atoms with E-state index in [9.17, 15) is 13.2 Å². The van der Waals surface area contributed by atoms with Gasteiger partial charge in [0.15, 0.2) is 0 Å². The highest BCUT2D eigenvalue weighted by Gasteiger charge is 2.35. The van der Waals surface area contributed by atoms with E-state index in [2.05, 4.69) is 4.90 Å². The first-order valence-corrected chi connectivity index (χ1v) is 13.9. The molecule has 1 aromatic carbocycles. The fourth-order valence-corrected chi connectivity index (χ4v) is 6.27. The van der Waals surface area contributed by atoms with Crippen LogP contribution >= 0.6 is 0 Å². The number of ether oxygens (including phenoxy) is 3. The van der Waals surface area contributed by atoms with Gasteiger partial charge in [-0.05, 0) is 75.9 Å². The number of nitrogens with zero attached hydrogens (tertiary/aromatic N) is 3. The van der Waals surface area contributed by atoms with E-state index in [1.54, 1.807) is 45.0 Å². The monoisotopic (exact) mass is 511 g/mol. The maximum Gasteiger partial charge on any atom is 0.248 e. The van der Waals surface area contributed by atoms with Gasteiger partial charge in [-0.15, -0.1) is 0 Å². The molecule has 0 N–H and O–H groups in total. The van der Waals surface area contributed by atoms with Gasteiger partial charge in [0, 0.05) is 33.2 Å². The predicted octanol–water partition coefficient (Wildman–Crippen LogP) is 2.05. The van der Waals surface area contributed by atoms with Gasteiger partial charge in [-0.2, -0.15) is 4.31 Å². The lowest BCUT2D eigenvalue weighted by molar-refractivity contribution is -0.142. The summed E-state index contributed by atoms with van der Waals surface area (Å²) in [6.07, 6.45) is 4.50. The number of hydrogen-bond acceptors (Lipinski definition) is 7. The number of carbonyl (C=O) groups is 1. The van der Waals surface area contributed by atoms with Crippen molar-refractivity contribution < 1.29 is 27.4 Å². The number of carbonyl (C=O) groups excluding carboxylic acids is 1. The van der Waals surface area contributed by atoms with Crippen molar-refractivity contribution >= 4 is 15.9 Å². The Kier molecular flexibility index (Phi) is 9.94. The van der Waals surface area contributed by atoms with Crippen molar-refractivity contribution in [2.45, 2.75) is 56.6 Å². The summed E-state index contributed by atoms with van der Waals surface area (Å²) in [6, 6.07) is 3.59. The maximum atomic E-state index is 13.1. The van der Waals surface area contributed by atoms with Crippen LogP contribution in [0.5, 0.6) is 5.75 Å². The number of aryl methyl sites for hydroxylation is 2. The molecule has 1 heterocycles. The smallest absolute Gasteiger partial charge is 0.248 e. The highest BCUT2D eigenvalue weighted by atomic mass is 32.2. The van der Waals surface area contributed by atoms with Gasteiger partial charge < -0.3 is 24.0 Å². The van der Waals surface area contributed by atoms with Crippen molar-refractivity contribution in [3.8, 4) is 5.75 Å².